The lowest BCUT2D eigenvalue weighted by Crippen LogP contribution is -2.32. The van der Waals surface area contributed by atoms with Crippen LogP contribution in [0, 0.1) is 5.41 Å². The van der Waals surface area contributed by atoms with Crippen LogP contribution in [-0.4, -0.2) is 23.4 Å². The summed E-state index contributed by atoms with van der Waals surface area (Å²) >= 11 is 0. The Balaban J connectivity index is 2.60. The van der Waals surface area contributed by atoms with Gasteiger partial charge in [0, 0.05) is 5.41 Å². The van der Waals surface area contributed by atoms with Crippen molar-refractivity contribution in [1.82, 2.24) is 0 Å². The van der Waals surface area contributed by atoms with E-state index >= 15 is 0 Å². The van der Waals surface area contributed by atoms with E-state index in [1.54, 1.807) is 6.92 Å². The second kappa shape index (κ2) is 5.44. The molecule has 1 unspecified atom stereocenters. The molecule has 16 heavy (non-hydrogen) atoms. The molecular formula is C11H21O4P. The molecule has 1 rings (SSSR count). The van der Waals surface area contributed by atoms with E-state index in [-0.39, 0.29) is 18.6 Å². The van der Waals surface area contributed by atoms with Gasteiger partial charge in [0.25, 0.3) is 0 Å². The molecular weight excluding hydrogens is 227 g/mol. The van der Waals surface area contributed by atoms with Crippen LogP contribution in [0.3, 0.4) is 0 Å². The van der Waals surface area contributed by atoms with E-state index in [1.165, 1.54) is 0 Å². The Labute approximate surface area is 96.9 Å². The Morgan fingerprint density at radius 3 is 2.44 bits per heavy atom. The van der Waals surface area contributed by atoms with Crippen molar-refractivity contribution >= 4 is 13.4 Å². The molecule has 94 valence electrons. The number of hydrogen-bond donors (Lipinski definition) is 1. The molecule has 0 aromatic carbocycles. The number of carbonyl (C=O) groups excluding carboxylic acids is 1. The fraction of sp³-hybridized carbons (Fsp3) is 0.909. The van der Waals surface area contributed by atoms with Crippen molar-refractivity contribution in [1.29, 1.82) is 0 Å². The van der Waals surface area contributed by atoms with E-state index in [9.17, 15) is 14.3 Å². The molecule has 0 aromatic rings. The average molecular weight is 248 g/mol. The van der Waals surface area contributed by atoms with Gasteiger partial charge in [-0.15, -0.1) is 0 Å². The van der Waals surface area contributed by atoms with Crippen molar-refractivity contribution in [2.45, 2.75) is 46.0 Å². The first kappa shape index (κ1) is 13.9. The number of ketones is 1. The third kappa shape index (κ3) is 3.69. The van der Waals surface area contributed by atoms with Gasteiger partial charge in [-0.25, -0.2) is 0 Å². The zero-order valence-electron chi connectivity index (χ0n) is 10.1. The molecule has 0 aromatic heterocycles. The number of Topliss-reactive ketones (excluding diaryl/α,β-unsaturated/α-hetero) is 1. The first-order valence-corrected chi connectivity index (χ1v) is 7.65. The molecule has 0 aliphatic heterocycles. The van der Waals surface area contributed by atoms with Gasteiger partial charge >= 0.3 is 7.60 Å². The van der Waals surface area contributed by atoms with E-state index in [1.807, 2.05) is 6.92 Å². The topological polar surface area (TPSA) is 63.6 Å². The SMILES string of the molecule is CCOP(=O)(O)CC(=O)C1(C)CCCCC1. The van der Waals surface area contributed by atoms with Crippen LogP contribution in [0.5, 0.6) is 0 Å². The minimum absolute atomic E-state index is 0.119. The fourth-order valence-electron chi connectivity index (χ4n) is 2.23. The molecule has 1 aliphatic carbocycles. The van der Waals surface area contributed by atoms with Crippen molar-refractivity contribution in [3.05, 3.63) is 0 Å². The first-order chi connectivity index (χ1) is 7.40. The lowest BCUT2D eigenvalue weighted by molar-refractivity contribution is -0.127. The summed E-state index contributed by atoms with van der Waals surface area (Å²) in [5.74, 6) is -0.119. The van der Waals surface area contributed by atoms with Crippen molar-refractivity contribution < 1.29 is 18.8 Å². The van der Waals surface area contributed by atoms with Gasteiger partial charge in [-0.05, 0) is 19.8 Å². The highest BCUT2D eigenvalue weighted by atomic mass is 31.2. The Morgan fingerprint density at radius 1 is 1.38 bits per heavy atom. The maximum Gasteiger partial charge on any atom is 0.335 e. The van der Waals surface area contributed by atoms with Crippen LogP contribution in [0.1, 0.15) is 46.0 Å². The van der Waals surface area contributed by atoms with Gasteiger partial charge in [-0.3, -0.25) is 9.36 Å². The van der Waals surface area contributed by atoms with Gasteiger partial charge < -0.3 is 9.42 Å². The Hall–Kier alpha value is -0.180. The van der Waals surface area contributed by atoms with Crippen LogP contribution in [0.15, 0.2) is 0 Å². The van der Waals surface area contributed by atoms with E-state index in [0.29, 0.717) is 0 Å². The van der Waals surface area contributed by atoms with Crippen molar-refractivity contribution in [3.63, 3.8) is 0 Å². The van der Waals surface area contributed by atoms with Crippen molar-refractivity contribution in [3.8, 4) is 0 Å². The van der Waals surface area contributed by atoms with Gasteiger partial charge in [0.1, 0.15) is 6.16 Å². The normalized spacial score (nSPS) is 23.7. The molecule has 1 saturated carbocycles. The highest BCUT2D eigenvalue weighted by molar-refractivity contribution is 7.53. The molecule has 4 nitrogen and oxygen atoms in total. The average Bonchev–Trinajstić information content (AvgIpc) is 2.17. The first-order valence-electron chi connectivity index (χ1n) is 5.89. The Bertz CT molecular complexity index is 294. The third-order valence-corrected chi connectivity index (χ3v) is 4.65. The predicted octanol–water partition coefficient (Wildman–Crippen LogP) is 2.75. The van der Waals surface area contributed by atoms with Crippen LogP contribution in [0.25, 0.3) is 0 Å². The summed E-state index contributed by atoms with van der Waals surface area (Å²) in [6.45, 7) is 3.72. The summed E-state index contributed by atoms with van der Waals surface area (Å²) in [5, 5.41) is 0. The Morgan fingerprint density at radius 2 is 1.94 bits per heavy atom. The highest BCUT2D eigenvalue weighted by Crippen LogP contribution is 2.46. The number of rotatable bonds is 5. The molecule has 1 N–H and O–H groups in total. The lowest BCUT2D eigenvalue weighted by atomic mass is 9.73. The summed E-state index contributed by atoms with van der Waals surface area (Å²) in [6.07, 6.45) is 4.55. The minimum Gasteiger partial charge on any atom is -0.324 e. The van der Waals surface area contributed by atoms with E-state index < -0.39 is 13.0 Å². The summed E-state index contributed by atoms with van der Waals surface area (Å²) in [7, 11) is -3.71. The van der Waals surface area contributed by atoms with Gasteiger partial charge in [-0.1, -0.05) is 26.2 Å². The zero-order valence-corrected chi connectivity index (χ0v) is 11.0. The molecule has 0 heterocycles. The van der Waals surface area contributed by atoms with Crippen LogP contribution >= 0.6 is 7.60 Å². The van der Waals surface area contributed by atoms with Crippen molar-refractivity contribution in [2.24, 2.45) is 5.41 Å². The summed E-state index contributed by atoms with van der Waals surface area (Å²) < 4.78 is 16.2. The monoisotopic (exact) mass is 248 g/mol. The van der Waals surface area contributed by atoms with Crippen LogP contribution in [0.4, 0.5) is 0 Å². The summed E-state index contributed by atoms with van der Waals surface area (Å²) in [5.41, 5.74) is -0.409. The number of carbonyl (C=O) groups is 1. The van der Waals surface area contributed by atoms with Gasteiger partial charge in [0.05, 0.1) is 6.61 Å². The smallest absolute Gasteiger partial charge is 0.324 e. The third-order valence-electron chi connectivity index (χ3n) is 3.30. The second-order valence-electron chi connectivity index (χ2n) is 4.76. The van der Waals surface area contributed by atoms with E-state index in [2.05, 4.69) is 0 Å². The molecule has 1 atom stereocenters. The number of hydrogen-bond acceptors (Lipinski definition) is 3. The molecule has 0 radical (unpaired) electrons. The Kier molecular flexibility index (Phi) is 4.72. The van der Waals surface area contributed by atoms with E-state index in [0.717, 1.165) is 32.1 Å². The largest absolute Gasteiger partial charge is 0.335 e. The molecule has 5 heteroatoms. The predicted molar refractivity (Wildman–Crippen MR) is 62.5 cm³/mol. The van der Waals surface area contributed by atoms with Crippen molar-refractivity contribution in [2.75, 3.05) is 12.8 Å². The van der Waals surface area contributed by atoms with Crippen LogP contribution in [-0.2, 0) is 13.9 Å². The second-order valence-corrected chi connectivity index (χ2v) is 6.61. The molecule has 0 amide bonds. The molecule has 1 fully saturated rings. The van der Waals surface area contributed by atoms with Gasteiger partial charge in [-0.2, -0.15) is 0 Å². The standard InChI is InChI=1S/C11H21O4P/c1-3-15-16(13,14)9-10(12)11(2)7-5-4-6-8-11/h3-9H2,1-2H3,(H,13,14). The van der Waals surface area contributed by atoms with Gasteiger partial charge in [0.15, 0.2) is 5.78 Å². The summed E-state index contributed by atoms with van der Waals surface area (Å²) in [6, 6.07) is 0. The summed E-state index contributed by atoms with van der Waals surface area (Å²) in [4.78, 5) is 21.4. The van der Waals surface area contributed by atoms with Crippen LogP contribution < -0.4 is 0 Å². The maximum atomic E-state index is 12.0. The van der Waals surface area contributed by atoms with Gasteiger partial charge in [0.2, 0.25) is 0 Å². The highest BCUT2D eigenvalue weighted by Gasteiger charge is 2.38. The van der Waals surface area contributed by atoms with Crippen LogP contribution in [0.2, 0.25) is 0 Å². The maximum absolute atomic E-state index is 12.0. The molecule has 0 bridgehead atoms. The van der Waals surface area contributed by atoms with E-state index in [4.69, 9.17) is 4.52 Å². The quantitative estimate of drug-likeness (QED) is 0.760. The minimum atomic E-state index is -3.71. The molecule has 1 aliphatic rings. The molecule has 0 saturated heterocycles. The zero-order chi connectivity index (χ0) is 12.2. The fourth-order valence-corrected chi connectivity index (χ4v) is 3.47. The lowest BCUT2D eigenvalue weighted by Gasteiger charge is -2.32. The molecule has 0 spiro atoms.